The molecule has 112 valence electrons. The molecule has 0 aromatic heterocycles. The minimum atomic E-state index is 0.631. The van der Waals surface area contributed by atoms with Crippen LogP contribution in [0, 0.1) is 0 Å². The fourth-order valence-electron chi connectivity index (χ4n) is 2.30. The van der Waals surface area contributed by atoms with Crippen LogP contribution >= 0.6 is 23.5 Å². The van der Waals surface area contributed by atoms with Crippen molar-refractivity contribution in [1.82, 2.24) is 0 Å². The van der Waals surface area contributed by atoms with Crippen molar-refractivity contribution in [2.24, 2.45) is 0 Å². The molecule has 1 nitrogen and oxygen atoms in total. The topological polar surface area (TPSA) is 9.23 Å². The van der Waals surface area contributed by atoms with Crippen molar-refractivity contribution >= 4 is 23.5 Å². The molecule has 0 amide bonds. The summed E-state index contributed by atoms with van der Waals surface area (Å²) in [5.74, 6) is 3.62. The van der Waals surface area contributed by atoms with Crippen LogP contribution < -0.4 is 4.74 Å². The Kier molecular flexibility index (Phi) is 7.74. The van der Waals surface area contributed by atoms with Gasteiger partial charge in [-0.15, -0.1) is 23.5 Å². The summed E-state index contributed by atoms with van der Waals surface area (Å²) in [4.78, 5) is 0. The van der Waals surface area contributed by atoms with E-state index in [-0.39, 0.29) is 0 Å². The minimum absolute atomic E-state index is 0.631. The standard InChI is InChI=1S/C17H26OS2/c1-2-3-4-5-6-12-18-16-10-8-15(9-11-16)17-19-13-7-14-20-17/h8-11,17H,2-7,12-14H2,1H3. The first-order chi connectivity index (χ1) is 9.90. The Morgan fingerprint density at radius 3 is 2.40 bits per heavy atom. The molecule has 0 atom stereocenters. The fourth-order valence-corrected chi connectivity index (χ4v) is 5.19. The Bertz CT molecular complexity index is 358. The van der Waals surface area contributed by atoms with E-state index in [0.29, 0.717) is 4.58 Å². The van der Waals surface area contributed by atoms with Gasteiger partial charge in [0.1, 0.15) is 5.75 Å². The molecule has 0 bridgehead atoms. The summed E-state index contributed by atoms with van der Waals surface area (Å²) in [6.07, 6.45) is 7.82. The van der Waals surface area contributed by atoms with Gasteiger partial charge in [0.25, 0.3) is 0 Å². The maximum atomic E-state index is 5.81. The summed E-state index contributed by atoms with van der Waals surface area (Å²) >= 11 is 4.15. The molecule has 0 N–H and O–H groups in total. The second-order valence-corrected chi connectivity index (χ2v) is 7.98. The molecule has 2 rings (SSSR count). The van der Waals surface area contributed by atoms with Crippen LogP contribution in [0.3, 0.4) is 0 Å². The van der Waals surface area contributed by atoms with Gasteiger partial charge in [-0.2, -0.15) is 0 Å². The predicted octanol–water partition coefficient (Wildman–Crippen LogP) is 5.90. The highest BCUT2D eigenvalue weighted by Crippen LogP contribution is 2.43. The summed E-state index contributed by atoms with van der Waals surface area (Å²) in [7, 11) is 0. The Hall–Kier alpha value is -0.280. The van der Waals surface area contributed by atoms with E-state index < -0.39 is 0 Å². The number of hydrogen-bond acceptors (Lipinski definition) is 3. The van der Waals surface area contributed by atoms with Crippen molar-refractivity contribution in [3.63, 3.8) is 0 Å². The SMILES string of the molecule is CCCCCCCOc1ccc(C2SCCCS2)cc1. The van der Waals surface area contributed by atoms with Gasteiger partial charge in [-0.3, -0.25) is 0 Å². The van der Waals surface area contributed by atoms with Crippen molar-refractivity contribution in [1.29, 1.82) is 0 Å². The third kappa shape index (κ3) is 5.61. The number of rotatable bonds is 8. The number of thioether (sulfide) groups is 2. The van der Waals surface area contributed by atoms with Gasteiger partial charge in [-0.1, -0.05) is 44.7 Å². The zero-order valence-corrected chi connectivity index (χ0v) is 14.1. The summed E-state index contributed by atoms with van der Waals surface area (Å²) in [6.45, 7) is 3.11. The van der Waals surface area contributed by atoms with Crippen LogP contribution in [0.4, 0.5) is 0 Å². The first kappa shape index (κ1) is 16.1. The summed E-state index contributed by atoms with van der Waals surface area (Å²) < 4.78 is 6.45. The van der Waals surface area contributed by atoms with Crippen molar-refractivity contribution in [3.05, 3.63) is 29.8 Å². The molecule has 0 unspecified atom stereocenters. The van der Waals surface area contributed by atoms with E-state index >= 15 is 0 Å². The summed E-state index contributed by atoms with van der Waals surface area (Å²) in [5, 5.41) is 0. The fraction of sp³-hybridized carbons (Fsp3) is 0.647. The van der Waals surface area contributed by atoms with Gasteiger partial charge in [-0.05, 0) is 42.0 Å². The van der Waals surface area contributed by atoms with Crippen molar-refractivity contribution < 1.29 is 4.74 Å². The monoisotopic (exact) mass is 310 g/mol. The van der Waals surface area contributed by atoms with Gasteiger partial charge in [0.05, 0.1) is 11.2 Å². The lowest BCUT2D eigenvalue weighted by Crippen LogP contribution is -2.01. The molecule has 1 aromatic rings. The first-order valence-electron chi connectivity index (χ1n) is 7.86. The number of unbranched alkanes of at least 4 members (excludes halogenated alkanes) is 4. The molecule has 1 heterocycles. The zero-order chi connectivity index (χ0) is 14.0. The van der Waals surface area contributed by atoms with Crippen LogP contribution in [-0.4, -0.2) is 18.1 Å². The molecule has 0 saturated carbocycles. The van der Waals surface area contributed by atoms with Crippen LogP contribution in [0.2, 0.25) is 0 Å². The average molecular weight is 311 g/mol. The van der Waals surface area contributed by atoms with E-state index in [2.05, 4.69) is 54.7 Å². The zero-order valence-electron chi connectivity index (χ0n) is 12.5. The van der Waals surface area contributed by atoms with Gasteiger partial charge in [-0.25, -0.2) is 0 Å². The molecule has 1 aromatic carbocycles. The predicted molar refractivity (Wildman–Crippen MR) is 93.0 cm³/mol. The maximum Gasteiger partial charge on any atom is 0.119 e. The lowest BCUT2D eigenvalue weighted by molar-refractivity contribution is 0.304. The van der Waals surface area contributed by atoms with E-state index in [0.717, 1.165) is 12.4 Å². The van der Waals surface area contributed by atoms with Crippen molar-refractivity contribution in [2.75, 3.05) is 18.1 Å². The molecular weight excluding hydrogens is 284 g/mol. The number of ether oxygens (including phenoxy) is 1. The van der Waals surface area contributed by atoms with Crippen LogP contribution in [0.15, 0.2) is 24.3 Å². The lowest BCUT2D eigenvalue weighted by Gasteiger charge is -2.21. The van der Waals surface area contributed by atoms with E-state index in [9.17, 15) is 0 Å². The molecule has 1 aliphatic rings. The highest BCUT2D eigenvalue weighted by Gasteiger charge is 2.16. The number of hydrogen-bond donors (Lipinski definition) is 0. The molecule has 1 fully saturated rings. The first-order valence-corrected chi connectivity index (χ1v) is 9.96. The van der Waals surface area contributed by atoms with Gasteiger partial charge in [0.2, 0.25) is 0 Å². The van der Waals surface area contributed by atoms with E-state index in [4.69, 9.17) is 4.74 Å². The summed E-state index contributed by atoms with van der Waals surface area (Å²) in [6, 6.07) is 8.75. The second kappa shape index (κ2) is 9.62. The Labute approximate surface area is 132 Å². The van der Waals surface area contributed by atoms with Gasteiger partial charge < -0.3 is 4.74 Å². The van der Waals surface area contributed by atoms with Gasteiger partial charge in [0, 0.05) is 0 Å². The van der Waals surface area contributed by atoms with Crippen LogP contribution in [0.25, 0.3) is 0 Å². The third-order valence-electron chi connectivity index (χ3n) is 3.50. The largest absolute Gasteiger partial charge is 0.494 e. The third-order valence-corrected chi connectivity index (χ3v) is 6.51. The molecule has 0 spiro atoms. The molecule has 20 heavy (non-hydrogen) atoms. The Balaban J connectivity index is 1.68. The Morgan fingerprint density at radius 2 is 1.70 bits per heavy atom. The van der Waals surface area contributed by atoms with Gasteiger partial charge in [0.15, 0.2) is 0 Å². The second-order valence-electron chi connectivity index (χ2n) is 5.26. The smallest absolute Gasteiger partial charge is 0.119 e. The normalized spacial score (nSPS) is 16.2. The van der Waals surface area contributed by atoms with Crippen molar-refractivity contribution in [2.45, 2.75) is 50.0 Å². The van der Waals surface area contributed by atoms with E-state index in [1.807, 2.05) is 0 Å². The maximum absolute atomic E-state index is 5.81. The van der Waals surface area contributed by atoms with Crippen LogP contribution in [0.1, 0.15) is 55.6 Å². The lowest BCUT2D eigenvalue weighted by atomic mass is 10.2. The highest BCUT2D eigenvalue weighted by atomic mass is 32.2. The highest BCUT2D eigenvalue weighted by molar-refractivity contribution is 8.16. The van der Waals surface area contributed by atoms with E-state index in [1.165, 1.54) is 55.6 Å². The molecule has 0 aliphatic carbocycles. The van der Waals surface area contributed by atoms with Crippen LogP contribution in [-0.2, 0) is 0 Å². The molecule has 0 radical (unpaired) electrons. The molecule has 1 aliphatic heterocycles. The van der Waals surface area contributed by atoms with Gasteiger partial charge >= 0.3 is 0 Å². The minimum Gasteiger partial charge on any atom is -0.494 e. The molecule has 1 saturated heterocycles. The molecular formula is C17H26OS2. The van der Waals surface area contributed by atoms with Crippen LogP contribution in [0.5, 0.6) is 5.75 Å². The average Bonchev–Trinajstić information content (AvgIpc) is 2.52. The summed E-state index contributed by atoms with van der Waals surface area (Å²) in [5.41, 5.74) is 1.44. The number of benzene rings is 1. The Morgan fingerprint density at radius 1 is 1.00 bits per heavy atom. The quantitative estimate of drug-likeness (QED) is 0.553. The van der Waals surface area contributed by atoms with E-state index in [1.54, 1.807) is 0 Å². The van der Waals surface area contributed by atoms with Crippen molar-refractivity contribution in [3.8, 4) is 5.75 Å². The molecule has 3 heteroatoms.